The standard InChI is InChI=1S/C14H25NO3/c1-13(2,3)18-12(17)15-7-6-11(16)8-10-9-14(10,4)5/h10H,6-9H2,1-5H3,(H,15,17). The molecule has 0 bridgehead atoms. The molecule has 1 N–H and O–H groups in total. The molecule has 1 saturated carbocycles. The number of hydrogen-bond donors (Lipinski definition) is 1. The number of ether oxygens (including phenoxy) is 1. The van der Waals surface area contributed by atoms with Crippen molar-refractivity contribution in [1.29, 1.82) is 0 Å². The van der Waals surface area contributed by atoms with Crippen LogP contribution in [0.4, 0.5) is 4.79 Å². The molecule has 0 radical (unpaired) electrons. The van der Waals surface area contributed by atoms with Gasteiger partial charge in [-0.2, -0.15) is 0 Å². The second-order valence-corrected chi connectivity index (χ2v) is 6.81. The summed E-state index contributed by atoms with van der Waals surface area (Å²) >= 11 is 0. The molecule has 0 aromatic carbocycles. The van der Waals surface area contributed by atoms with E-state index in [-0.39, 0.29) is 5.78 Å². The third-order valence-electron chi connectivity index (χ3n) is 3.26. The maximum Gasteiger partial charge on any atom is 0.407 e. The average Bonchev–Trinajstić information content (AvgIpc) is 2.69. The average molecular weight is 255 g/mol. The summed E-state index contributed by atoms with van der Waals surface area (Å²) in [5.74, 6) is 0.758. The molecule has 1 amide bonds. The SMILES string of the molecule is CC(C)(C)OC(=O)NCCC(=O)CC1CC1(C)C. The molecule has 1 aliphatic rings. The number of carbonyl (C=O) groups excluding carboxylic acids is 2. The van der Waals surface area contributed by atoms with Gasteiger partial charge in [-0.1, -0.05) is 13.8 Å². The van der Waals surface area contributed by atoms with Gasteiger partial charge < -0.3 is 10.1 Å². The second-order valence-electron chi connectivity index (χ2n) is 6.81. The van der Waals surface area contributed by atoms with Gasteiger partial charge in [-0.15, -0.1) is 0 Å². The lowest BCUT2D eigenvalue weighted by molar-refractivity contribution is -0.119. The van der Waals surface area contributed by atoms with Crippen LogP contribution in [0.3, 0.4) is 0 Å². The minimum atomic E-state index is -0.494. The van der Waals surface area contributed by atoms with Crippen LogP contribution in [0.1, 0.15) is 53.9 Å². The Morgan fingerprint density at radius 2 is 1.89 bits per heavy atom. The van der Waals surface area contributed by atoms with Crippen molar-refractivity contribution in [3.63, 3.8) is 0 Å². The van der Waals surface area contributed by atoms with E-state index in [9.17, 15) is 9.59 Å². The first kappa shape index (κ1) is 15.0. The lowest BCUT2D eigenvalue weighted by Crippen LogP contribution is -2.33. The number of carbonyl (C=O) groups is 2. The first-order valence-electron chi connectivity index (χ1n) is 6.59. The van der Waals surface area contributed by atoms with Gasteiger partial charge in [0.15, 0.2) is 0 Å². The van der Waals surface area contributed by atoms with E-state index in [1.54, 1.807) is 0 Å². The lowest BCUT2D eigenvalue weighted by Gasteiger charge is -2.19. The summed E-state index contributed by atoms with van der Waals surface area (Å²) in [6, 6.07) is 0. The van der Waals surface area contributed by atoms with Crippen molar-refractivity contribution in [1.82, 2.24) is 5.32 Å². The molecule has 0 saturated heterocycles. The number of amides is 1. The third-order valence-corrected chi connectivity index (χ3v) is 3.26. The van der Waals surface area contributed by atoms with Crippen LogP contribution < -0.4 is 5.32 Å². The zero-order valence-electron chi connectivity index (χ0n) is 12.1. The quantitative estimate of drug-likeness (QED) is 0.821. The van der Waals surface area contributed by atoms with Crippen molar-refractivity contribution >= 4 is 11.9 Å². The van der Waals surface area contributed by atoms with Crippen LogP contribution in [0.15, 0.2) is 0 Å². The van der Waals surface area contributed by atoms with Crippen molar-refractivity contribution in [3.05, 3.63) is 0 Å². The molecule has 104 valence electrons. The van der Waals surface area contributed by atoms with Crippen molar-refractivity contribution < 1.29 is 14.3 Å². The van der Waals surface area contributed by atoms with Gasteiger partial charge >= 0.3 is 6.09 Å². The fourth-order valence-electron chi connectivity index (χ4n) is 1.92. The number of ketones is 1. The van der Waals surface area contributed by atoms with Gasteiger partial charge in [0.05, 0.1) is 0 Å². The Kier molecular flexibility index (Phi) is 4.41. The van der Waals surface area contributed by atoms with E-state index in [4.69, 9.17) is 4.74 Å². The molecule has 0 aromatic heterocycles. The maximum absolute atomic E-state index is 11.7. The van der Waals surface area contributed by atoms with E-state index in [2.05, 4.69) is 19.2 Å². The van der Waals surface area contributed by atoms with Gasteiger partial charge in [0.1, 0.15) is 11.4 Å². The van der Waals surface area contributed by atoms with E-state index < -0.39 is 11.7 Å². The van der Waals surface area contributed by atoms with Gasteiger partial charge in [0.2, 0.25) is 0 Å². The molecule has 1 fully saturated rings. The van der Waals surface area contributed by atoms with Gasteiger partial charge in [-0.05, 0) is 38.5 Å². The van der Waals surface area contributed by atoms with Crippen molar-refractivity contribution in [3.8, 4) is 0 Å². The predicted octanol–water partition coefficient (Wildman–Crippen LogP) is 2.91. The van der Waals surface area contributed by atoms with Crippen LogP contribution in [-0.4, -0.2) is 24.0 Å². The molecule has 0 spiro atoms. The van der Waals surface area contributed by atoms with Crippen LogP contribution >= 0.6 is 0 Å². The number of alkyl carbamates (subject to hydrolysis) is 1. The van der Waals surface area contributed by atoms with Crippen LogP contribution in [0.5, 0.6) is 0 Å². The van der Waals surface area contributed by atoms with Crippen LogP contribution in [0.2, 0.25) is 0 Å². The van der Waals surface area contributed by atoms with Gasteiger partial charge in [-0.25, -0.2) is 4.79 Å². The molecule has 4 nitrogen and oxygen atoms in total. The van der Waals surface area contributed by atoms with E-state index in [1.165, 1.54) is 0 Å². The first-order valence-corrected chi connectivity index (χ1v) is 6.59. The van der Waals surface area contributed by atoms with Crippen LogP contribution in [0.25, 0.3) is 0 Å². The number of Topliss-reactive ketones (excluding diaryl/α,β-unsaturated/α-hetero) is 1. The molecule has 1 unspecified atom stereocenters. The summed E-state index contributed by atoms with van der Waals surface area (Å²) in [4.78, 5) is 23.0. The van der Waals surface area contributed by atoms with Crippen LogP contribution in [-0.2, 0) is 9.53 Å². The lowest BCUT2D eigenvalue weighted by atomic mass is 10.0. The molecule has 0 aromatic rings. The van der Waals surface area contributed by atoms with Crippen molar-refractivity contribution in [2.45, 2.75) is 59.5 Å². The highest BCUT2D eigenvalue weighted by Gasteiger charge is 2.45. The van der Waals surface area contributed by atoms with Crippen molar-refractivity contribution in [2.24, 2.45) is 11.3 Å². The molecule has 0 heterocycles. The molecule has 1 aliphatic carbocycles. The minimum Gasteiger partial charge on any atom is -0.444 e. The summed E-state index contributed by atoms with van der Waals surface area (Å²) in [6.07, 6.45) is 1.72. The summed E-state index contributed by atoms with van der Waals surface area (Å²) < 4.78 is 5.08. The zero-order valence-corrected chi connectivity index (χ0v) is 12.1. The Hall–Kier alpha value is -1.06. The molecular formula is C14H25NO3. The number of hydrogen-bond acceptors (Lipinski definition) is 3. The monoisotopic (exact) mass is 255 g/mol. The largest absolute Gasteiger partial charge is 0.444 e. The Bertz CT molecular complexity index is 328. The third kappa shape index (κ3) is 5.52. The van der Waals surface area contributed by atoms with E-state index in [1.807, 2.05) is 20.8 Å². The number of rotatable bonds is 5. The van der Waals surface area contributed by atoms with E-state index in [0.717, 1.165) is 6.42 Å². The molecule has 1 atom stereocenters. The van der Waals surface area contributed by atoms with E-state index >= 15 is 0 Å². The van der Waals surface area contributed by atoms with Crippen molar-refractivity contribution in [2.75, 3.05) is 6.54 Å². The zero-order chi connectivity index (χ0) is 14.0. The Labute approximate surface area is 109 Å². The molecule has 4 heteroatoms. The molecular weight excluding hydrogens is 230 g/mol. The highest BCUT2D eigenvalue weighted by molar-refractivity contribution is 5.80. The van der Waals surface area contributed by atoms with E-state index in [0.29, 0.717) is 30.7 Å². The summed E-state index contributed by atoms with van der Waals surface area (Å²) in [6.45, 7) is 10.2. The van der Waals surface area contributed by atoms with Crippen LogP contribution in [0, 0.1) is 11.3 Å². The Morgan fingerprint density at radius 1 is 1.33 bits per heavy atom. The summed E-state index contributed by atoms with van der Waals surface area (Å²) in [5.41, 5.74) is -0.152. The van der Waals surface area contributed by atoms with Gasteiger partial charge in [0, 0.05) is 19.4 Å². The topological polar surface area (TPSA) is 55.4 Å². The number of nitrogens with one attached hydrogen (secondary N) is 1. The molecule has 18 heavy (non-hydrogen) atoms. The molecule has 0 aliphatic heterocycles. The second kappa shape index (κ2) is 5.29. The van der Waals surface area contributed by atoms with Gasteiger partial charge in [0.25, 0.3) is 0 Å². The normalized spacial score (nSPS) is 21.3. The fourth-order valence-corrected chi connectivity index (χ4v) is 1.92. The summed E-state index contributed by atoms with van der Waals surface area (Å²) in [7, 11) is 0. The highest BCUT2D eigenvalue weighted by atomic mass is 16.6. The van der Waals surface area contributed by atoms with Gasteiger partial charge in [-0.3, -0.25) is 4.79 Å². The maximum atomic E-state index is 11.7. The first-order chi connectivity index (χ1) is 8.10. The smallest absolute Gasteiger partial charge is 0.407 e. The Morgan fingerprint density at radius 3 is 2.33 bits per heavy atom. The fraction of sp³-hybridized carbons (Fsp3) is 0.857. The Balaban J connectivity index is 2.11. The highest BCUT2D eigenvalue weighted by Crippen LogP contribution is 2.53. The molecule has 1 rings (SSSR count). The summed E-state index contributed by atoms with van der Waals surface area (Å²) in [5, 5.41) is 2.60. The minimum absolute atomic E-state index is 0.224. The predicted molar refractivity (Wildman–Crippen MR) is 70.4 cm³/mol.